The molecule has 27 heavy (non-hydrogen) atoms. The first-order valence-electron chi connectivity index (χ1n) is 9.05. The highest BCUT2D eigenvalue weighted by atomic mass is 32.2. The monoisotopic (exact) mass is 376 g/mol. The number of hydrogen-bond donors (Lipinski definition) is 1. The van der Waals surface area contributed by atoms with Gasteiger partial charge in [-0.1, -0.05) is 90.7 Å². The summed E-state index contributed by atoms with van der Waals surface area (Å²) in [4.78, 5) is 12.4. The summed E-state index contributed by atoms with van der Waals surface area (Å²) in [7, 11) is 0. The lowest BCUT2D eigenvalue weighted by molar-refractivity contribution is -0.107. The van der Waals surface area contributed by atoms with E-state index in [9.17, 15) is 9.90 Å². The van der Waals surface area contributed by atoms with Crippen LogP contribution in [0, 0.1) is 0 Å². The minimum atomic E-state index is -0.693. The van der Waals surface area contributed by atoms with Gasteiger partial charge in [0.25, 0.3) is 0 Å². The smallest absolute Gasteiger partial charge is 0.220 e. The second-order valence-electron chi connectivity index (χ2n) is 6.98. The van der Waals surface area contributed by atoms with Crippen LogP contribution < -0.4 is 0 Å². The van der Waals surface area contributed by atoms with E-state index in [4.69, 9.17) is 0 Å². The Hall–Kier alpha value is -2.52. The van der Waals surface area contributed by atoms with Crippen LogP contribution in [0.15, 0.2) is 90.2 Å². The fraction of sp³-hybridized carbons (Fsp3) is 0.208. The molecule has 0 saturated carbocycles. The van der Waals surface area contributed by atoms with Crippen molar-refractivity contribution in [3.05, 3.63) is 95.8 Å². The summed E-state index contributed by atoms with van der Waals surface area (Å²) in [5.74, 6) is 0.180. The number of aryl methyl sites for hydroxylation is 1. The molecule has 0 radical (unpaired) electrons. The van der Waals surface area contributed by atoms with E-state index in [1.807, 2.05) is 38.1 Å². The molecule has 2 aromatic carbocycles. The summed E-state index contributed by atoms with van der Waals surface area (Å²) in [6, 6.07) is 18.6. The van der Waals surface area contributed by atoms with E-state index in [1.165, 1.54) is 22.9 Å². The number of benzene rings is 2. The first kappa shape index (κ1) is 19.2. The van der Waals surface area contributed by atoms with E-state index >= 15 is 0 Å². The van der Waals surface area contributed by atoms with Gasteiger partial charge in [-0.15, -0.1) is 0 Å². The molecule has 138 valence electrons. The zero-order valence-electron chi connectivity index (χ0n) is 15.7. The summed E-state index contributed by atoms with van der Waals surface area (Å²) in [5.41, 5.74) is 4.99. The summed E-state index contributed by atoms with van der Waals surface area (Å²) in [6.07, 6.45) is 4.90. The Morgan fingerprint density at radius 1 is 1.07 bits per heavy atom. The third-order valence-electron chi connectivity index (χ3n) is 4.86. The maximum atomic E-state index is 12.4. The zero-order valence-corrected chi connectivity index (χ0v) is 16.6. The van der Waals surface area contributed by atoms with Crippen molar-refractivity contribution in [2.45, 2.75) is 31.4 Å². The standard InChI is InChI=1S/C24H24O2S/c1-4-17(2)16-24(3)22(25)21(23(26)27-24)15-12-18-10-13-20(14-11-18)19-8-6-5-7-9-19/h4-11,13-14,16,25H,1,12,15H2,2-3H3/b17-16+/t24-/m1/s1. The average Bonchev–Trinajstić information content (AvgIpc) is 2.89. The molecule has 1 heterocycles. The van der Waals surface area contributed by atoms with E-state index in [2.05, 4.69) is 43.0 Å². The van der Waals surface area contributed by atoms with Crippen LogP contribution in [0.5, 0.6) is 0 Å². The number of hydrogen-bond acceptors (Lipinski definition) is 3. The Balaban J connectivity index is 1.73. The molecule has 0 spiro atoms. The summed E-state index contributed by atoms with van der Waals surface area (Å²) < 4.78 is -0.693. The van der Waals surface area contributed by atoms with Gasteiger partial charge < -0.3 is 5.11 Å². The maximum Gasteiger partial charge on any atom is 0.220 e. The SMILES string of the molecule is C=C/C(C)=C/[C@@]1(C)SC(=O)C(CCc2ccc(-c3ccccc3)cc2)=C1O. The molecule has 0 aliphatic carbocycles. The number of aliphatic hydroxyl groups is 1. The molecule has 1 aliphatic rings. The Bertz CT molecular complexity index is 907. The Morgan fingerprint density at radius 2 is 1.70 bits per heavy atom. The third kappa shape index (κ3) is 4.25. The van der Waals surface area contributed by atoms with Crippen LogP contribution in [-0.4, -0.2) is 15.0 Å². The Kier molecular flexibility index (Phi) is 5.71. The van der Waals surface area contributed by atoms with Crippen LogP contribution in [0.2, 0.25) is 0 Å². The van der Waals surface area contributed by atoms with Crippen molar-refractivity contribution in [2.24, 2.45) is 0 Å². The summed E-state index contributed by atoms with van der Waals surface area (Å²) >= 11 is 1.18. The van der Waals surface area contributed by atoms with Crippen LogP contribution in [0.4, 0.5) is 0 Å². The molecule has 3 rings (SSSR count). The quantitative estimate of drug-likeness (QED) is 0.604. The van der Waals surface area contributed by atoms with E-state index in [0.717, 1.165) is 17.6 Å². The minimum absolute atomic E-state index is 0.0379. The van der Waals surface area contributed by atoms with Gasteiger partial charge in [-0.3, -0.25) is 4.79 Å². The van der Waals surface area contributed by atoms with Crippen molar-refractivity contribution >= 4 is 16.9 Å². The number of carbonyl (C=O) groups is 1. The second kappa shape index (κ2) is 8.01. The highest BCUT2D eigenvalue weighted by molar-refractivity contribution is 8.16. The molecule has 1 aliphatic heterocycles. The fourth-order valence-corrected chi connectivity index (χ4v) is 4.45. The van der Waals surface area contributed by atoms with Crippen molar-refractivity contribution < 1.29 is 9.90 Å². The van der Waals surface area contributed by atoms with Crippen molar-refractivity contribution in [3.63, 3.8) is 0 Å². The second-order valence-corrected chi connectivity index (χ2v) is 8.40. The highest BCUT2D eigenvalue weighted by Crippen LogP contribution is 2.45. The lowest BCUT2D eigenvalue weighted by Crippen LogP contribution is -2.17. The average molecular weight is 377 g/mol. The molecule has 0 saturated heterocycles. The van der Waals surface area contributed by atoms with Gasteiger partial charge in [-0.05, 0) is 43.4 Å². The number of allylic oxidation sites excluding steroid dienone is 2. The van der Waals surface area contributed by atoms with Crippen molar-refractivity contribution in [1.82, 2.24) is 0 Å². The Morgan fingerprint density at radius 3 is 2.33 bits per heavy atom. The number of rotatable bonds is 6. The molecule has 1 N–H and O–H groups in total. The van der Waals surface area contributed by atoms with E-state index < -0.39 is 4.75 Å². The van der Waals surface area contributed by atoms with Crippen LogP contribution in [-0.2, 0) is 11.2 Å². The molecular formula is C24H24O2S. The maximum absolute atomic E-state index is 12.4. The fourth-order valence-electron chi connectivity index (χ4n) is 3.27. The minimum Gasteiger partial charge on any atom is -0.510 e. The van der Waals surface area contributed by atoms with Gasteiger partial charge in [0.15, 0.2) is 0 Å². The topological polar surface area (TPSA) is 37.3 Å². The summed E-state index contributed by atoms with van der Waals surface area (Å²) in [6.45, 7) is 7.54. The van der Waals surface area contributed by atoms with Gasteiger partial charge in [0, 0.05) is 5.57 Å². The molecule has 0 aromatic heterocycles. The van der Waals surface area contributed by atoms with Crippen LogP contribution >= 0.6 is 11.8 Å². The molecule has 0 bridgehead atoms. The van der Waals surface area contributed by atoms with Gasteiger partial charge >= 0.3 is 0 Å². The lowest BCUT2D eigenvalue weighted by Gasteiger charge is -2.18. The predicted octanol–water partition coefficient (Wildman–Crippen LogP) is 6.26. The first-order valence-corrected chi connectivity index (χ1v) is 9.87. The first-order chi connectivity index (χ1) is 12.9. The van der Waals surface area contributed by atoms with Crippen molar-refractivity contribution in [2.75, 3.05) is 0 Å². The lowest BCUT2D eigenvalue weighted by atomic mass is 9.97. The van der Waals surface area contributed by atoms with E-state index in [0.29, 0.717) is 12.0 Å². The highest BCUT2D eigenvalue weighted by Gasteiger charge is 2.41. The molecule has 3 heteroatoms. The predicted molar refractivity (Wildman–Crippen MR) is 115 cm³/mol. The van der Waals surface area contributed by atoms with Gasteiger partial charge in [0.1, 0.15) is 5.76 Å². The molecule has 0 unspecified atom stereocenters. The molecule has 2 aromatic rings. The van der Waals surface area contributed by atoms with Gasteiger partial charge in [0.05, 0.1) is 4.75 Å². The van der Waals surface area contributed by atoms with Crippen LogP contribution in [0.1, 0.15) is 25.8 Å². The molecule has 2 nitrogen and oxygen atoms in total. The van der Waals surface area contributed by atoms with Crippen molar-refractivity contribution in [1.29, 1.82) is 0 Å². The molecule has 0 amide bonds. The number of carbonyl (C=O) groups excluding carboxylic acids is 1. The van der Waals surface area contributed by atoms with Crippen molar-refractivity contribution in [3.8, 4) is 11.1 Å². The van der Waals surface area contributed by atoms with E-state index in [1.54, 1.807) is 6.08 Å². The molecule has 0 fully saturated rings. The van der Waals surface area contributed by atoms with Gasteiger partial charge in [0.2, 0.25) is 5.12 Å². The largest absolute Gasteiger partial charge is 0.510 e. The zero-order chi connectivity index (χ0) is 19.4. The van der Waals surface area contributed by atoms with Gasteiger partial charge in [-0.25, -0.2) is 0 Å². The van der Waals surface area contributed by atoms with Crippen LogP contribution in [0.25, 0.3) is 11.1 Å². The Labute approximate surface area is 165 Å². The van der Waals surface area contributed by atoms with Crippen LogP contribution in [0.3, 0.4) is 0 Å². The molecular weight excluding hydrogens is 352 g/mol. The number of aliphatic hydroxyl groups excluding tert-OH is 1. The molecule has 1 atom stereocenters. The third-order valence-corrected chi connectivity index (χ3v) is 6.02. The number of thioether (sulfide) groups is 1. The van der Waals surface area contributed by atoms with E-state index in [-0.39, 0.29) is 10.9 Å². The summed E-state index contributed by atoms with van der Waals surface area (Å²) in [5, 5.41) is 10.6. The normalized spacial score (nSPS) is 20.2. The van der Waals surface area contributed by atoms with Gasteiger partial charge in [-0.2, -0.15) is 0 Å².